The molecule has 33 heavy (non-hydrogen) atoms. The Kier molecular flexibility index (Phi) is 6.27. The molecule has 1 amide bonds. The van der Waals surface area contributed by atoms with Gasteiger partial charge in [-0.2, -0.15) is 0 Å². The number of aryl methyl sites for hydroxylation is 1. The van der Waals surface area contributed by atoms with Crippen molar-refractivity contribution in [3.05, 3.63) is 101 Å². The number of hydrogen-bond acceptors (Lipinski definition) is 5. The van der Waals surface area contributed by atoms with Crippen LogP contribution in [-0.2, 0) is 16.1 Å². The Morgan fingerprint density at radius 3 is 2.48 bits per heavy atom. The number of carbonyl (C=O) groups is 2. The van der Waals surface area contributed by atoms with Gasteiger partial charge in [-0.3, -0.25) is 14.6 Å². The van der Waals surface area contributed by atoms with E-state index < -0.39 is 17.7 Å². The van der Waals surface area contributed by atoms with Crippen LogP contribution in [0.4, 0.5) is 0 Å². The molecule has 2 heterocycles. The van der Waals surface area contributed by atoms with Gasteiger partial charge in [0.25, 0.3) is 11.7 Å². The molecule has 1 aliphatic rings. The van der Waals surface area contributed by atoms with Crippen LogP contribution < -0.4 is 4.74 Å². The molecule has 0 spiro atoms. The molecule has 4 rings (SSSR count). The Morgan fingerprint density at radius 1 is 1.06 bits per heavy atom. The summed E-state index contributed by atoms with van der Waals surface area (Å²) in [6.45, 7) is 5.99. The molecule has 1 aromatic heterocycles. The summed E-state index contributed by atoms with van der Waals surface area (Å²) in [4.78, 5) is 31.9. The normalized spacial score (nSPS) is 17.6. The fraction of sp³-hybridized carbons (Fsp3) is 0.222. The Bertz CT molecular complexity index is 1220. The number of ketones is 1. The van der Waals surface area contributed by atoms with Crippen LogP contribution in [0.25, 0.3) is 5.76 Å². The Hall–Kier alpha value is -3.93. The van der Waals surface area contributed by atoms with Gasteiger partial charge < -0.3 is 14.7 Å². The smallest absolute Gasteiger partial charge is 0.295 e. The first-order valence-corrected chi connectivity index (χ1v) is 10.9. The number of aliphatic hydroxyl groups excluding tert-OH is 1. The number of rotatable bonds is 6. The van der Waals surface area contributed by atoms with Gasteiger partial charge in [0.2, 0.25) is 0 Å². The van der Waals surface area contributed by atoms with E-state index in [2.05, 4.69) is 4.98 Å². The van der Waals surface area contributed by atoms with Crippen molar-refractivity contribution >= 4 is 17.4 Å². The summed E-state index contributed by atoms with van der Waals surface area (Å²) in [5.74, 6) is -0.990. The van der Waals surface area contributed by atoms with E-state index >= 15 is 0 Å². The molecule has 1 aliphatic heterocycles. The topological polar surface area (TPSA) is 79.7 Å². The molecule has 1 N–H and O–H groups in total. The quantitative estimate of drug-likeness (QED) is 0.337. The van der Waals surface area contributed by atoms with Gasteiger partial charge in [-0.25, -0.2) is 0 Å². The molecule has 1 unspecified atom stereocenters. The molecular formula is C27H26N2O4. The summed E-state index contributed by atoms with van der Waals surface area (Å²) in [7, 11) is 0. The molecule has 0 saturated carbocycles. The first-order valence-electron chi connectivity index (χ1n) is 10.9. The highest BCUT2D eigenvalue weighted by atomic mass is 16.5. The van der Waals surface area contributed by atoms with E-state index in [-0.39, 0.29) is 24.0 Å². The van der Waals surface area contributed by atoms with Gasteiger partial charge in [-0.05, 0) is 56.2 Å². The largest absolute Gasteiger partial charge is 0.507 e. The number of Topliss-reactive ketones (excluding diaryl/α,β-unsaturated/α-hetero) is 1. The fourth-order valence-corrected chi connectivity index (χ4v) is 4.06. The lowest BCUT2D eigenvalue weighted by atomic mass is 9.94. The lowest BCUT2D eigenvalue weighted by Crippen LogP contribution is -2.29. The van der Waals surface area contributed by atoms with Crippen LogP contribution in [0, 0.1) is 6.92 Å². The summed E-state index contributed by atoms with van der Waals surface area (Å²) in [5.41, 5.74) is 3.10. The minimum atomic E-state index is -0.715. The van der Waals surface area contributed by atoms with Crippen LogP contribution in [0.15, 0.2) is 78.6 Å². The third kappa shape index (κ3) is 4.65. The van der Waals surface area contributed by atoms with E-state index in [0.29, 0.717) is 11.3 Å². The second-order valence-corrected chi connectivity index (χ2v) is 8.39. The maximum absolute atomic E-state index is 13.2. The molecule has 2 aromatic carbocycles. The van der Waals surface area contributed by atoms with Crippen molar-refractivity contribution in [2.24, 2.45) is 0 Å². The summed E-state index contributed by atoms with van der Waals surface area (Å²) < 4.78 is 5.74. The Balaban J connectivity index is 1.84. The zero-order chi connectivity index (χ0) is 23.5. The first kappa shape index (κ1) is 22.3. The highest BCUT2D eigenvalue weighted by Crippen LogP contribution is 2.40. The molecule has 0 bridgehead atoms. The minimum absolute atomic E-state index is 0.0411. The van der Waals surface area contributed by atoms with Crippen LogP contribution in [-0.4, -0.2) is 32.8 Å². The maximum Gasteiger partial charge on any atom is 0.295 e. The number of nitrogens with zero attached hydrogens (tertiary/aromatic N) is 2. The second-order valence-electron chi connectivity index (χ2n) is 8.39. The molecule has 0 radical (unpaired) electrons. The van der Waals surface area contributed by atoms with Crippen LogP contribution in [0.5, 0.6) is 5.75 Å². The van der Waals surface area contributed by atoms with E-state index in [0.717, 1.165) is 16.7 Å². The molecule has 1 saturated heterocycles. The molecule has 1 atom stereocenters. The van der Waals surface area contributed by atoms with Gasteiger partial charge in [0.15, 0.2) is 0 Å². The number of amides is 1. The van der Waals surface area contributed by atoms with Crippen LogP contribution in [0.3, 0.4) is 0 Å². The fourth-order valence-electron chi connectivity index (χ4n) is 4.06. The lowest BCUT2D eigenvalue weighted by molar-refractivity contribution is -0.140. The second kappa shape index (κ2) is 9.28. The number of carbonyl (C=O) groups excluding carboxylic acids is 2. The number of likely N-dealkylation sites (tertiary alicyclic amines) is 1. The minimum Gasteiger partial charge on any atom is -0.507 e. The monoisotopic (exact) mass is 442 g/mol. The summed E-state index contributed by atoms with van der Waals surface area (Å²) >= 11 is 0. The summed E-state index contributed by atoms with van der Waals surface area (Å²) in [6, 6.07) is 17.4. The Morgan fingerprint density at radius 2 is 1.79 bits per heavy atom. The molecule has 0 aliphatic carbocycles. The van der Waals surface area contributed by atoms with Gasteiger partial charge in [0, 0.05) is 24.5 Å². The van der Waals surface area contributed by atoms with Crippen molar-refractivity contribution in [2.45, 2.75) is 39.5 Å². The molecule has 168 valence electrons. The van der Waals surface area contributed by atoms with Gasteiger partial charge in [0.05, 0.1) is 17.7 Å². The highest BCUT2D eigenvalue weighted by molar-refractivity contribution is 6.46. The van der Waals surface area contributed by atoms with Crippen molar-refractivity contribution in [3.8, 4) is 5.75 Å². The third-order valence-electron chi connectivity index (χ3n) is 5.48. The van der Waals surface area contributed by atoms with Crippen molar-refractivity contribution in [2.75, 3.05) is 0 Å². The molecule has 1 fully saturated rings. The highest BCUT2D eigenvalue weighted by Gasteiger charge is 2.46. The van der Waals surface area contributed by atoms with Crippen LogP contribution >= 0.6 is 0 Å². The molecule has 6 nitrogen and oxygen atoms in total. The van der Waals surface area contributed by atoms with Gasteiger partial charge >= 0.3 is 0 Å². The first-order chi connectivity index (χ1) is 15.8. The number of aromatic nitrogens is 1. The van der Waals surface area contributed by atoms with Gasteiger partial charge in [-0.1, -0.05) is 42.0 Å². The maximum atomic E-state index is 13.2. The summed E-state index contributed by atoms with van der Waals surface area (Å²) in [5, 5.41) is 11.3. The van der Waals surface area contributed by atoms with E-state index in [9.17, 15) is 14.7 Å². The average molecular weight is 443 g/mol. The van der Waals surface area contributed by atoms with Crippen molar-refractivity contribution in [1.29, 1.82) is 0 Å². The number of ether oxygens (including phenoxy) is 1. The molecular weight excluding hydrogens is 416 g/mol. The SMILES string of the molecule is Cc1cccc(C2/C(=C(/O)c3cccc(OC(C)C)c3)C(=O)C(=O)N2Cc2ccncc2)c1. The van der Waals surface area contributed by atoms with Crippen LogP contribution in [0.2, 0.25) is 0 Å². The number of hydrogen-bond donors (Lipinski definition) is 1. The predicted octanol–water partition coefficient (Wildman–Crippen LogP) is 4.80. The van der Waals surface area contributed by atoms with E-state index in [1.807, 2.05) is 45.0 Å². The van der Waals surface area contributed by atoms with Gasteiger partial charge in [-0.15, -0.1) is 0 Å². The van der Waals surface area contributed by atoms with E-state index in [1.165, 1.54) is 4.90 Å². The molecule has 6 heteroatoms. The lowest BCUT2D eigenvalue weighted by Gasteiger charge is -2.25. The average Bonchev–Trinajstić information content (AvgIpc) is 3.04. The predicted molar refractivity (Wildman–Crippen MR) is 125 cm³/mol. The van der Waals surface area contributed by atoms with Crippen LogP contribution in [0.1, 0.15) is 42.1 Å². The van der Waals surface area contributed by atoms with Crippen molar-refractivity contribution in [1.82, 2.24) is 9.88 Å². The van der Waals surface area contributed by atoms with Crippen molar-refractivity contribution in [3.63, 3.8) is 0 Å². The summed E-state index contributed by atoms with van der Waals surface area (Å²) in [6.07, 6.45) is 3.25. The Labute approximate surface area is 193 Å². The van der Waals surface area contributed by atoms with E-state index in [4.69, 9.17) is 4.74 Å². The number of benzene rings is 2. The van der Waals surface area contributed by atoms with E-state index in [1.54, 1.807) is 48.8 Å². The third-order valence-corrected chi connectivity index (χ3v) is 5.48. The molecule has 3 aromatic rings. The zero-order valence-electron chi connectivity index (χ0n) is 18.9. The zero-order valence-corrected chi connectivity index (χ0v) is 18.9. The van der Waals surface area contributed by atoms with Crippen molar-refractivity contribution < 1.29 is 19.4 Å². The number of pyridine rings is 1. The number of aliphatic hydroxyl groups is 1. The standard InChI is InChI=1S/C27H26N2O4/c1-17(2)33-22-9-5-8-21(15-22)25(30)23-24(20-7-4-6-18(3)14-20)29(27(32)26(23)31)16-19-10-12-28-13-11-19/h4-15,17,24,30H,16H2,1-3H3/b25-23-. The van der Waals surface area contributed by atoms with Gasteiger partial charge in [0.1, 0.15) is 11.5 Å².